The number of aromatic nitrogens is 1. The van der Waals surface area contributed by atoms with Crippen LogP contribution in [0.1, 0.15) is 8.35 Å². The molecule has 74 valence electrons. The van der Waals surface area contributed by atoms with E-state index in [0.29, 0.717) is 0 Å². The van der Waals surface area contributed by atoms with Gasteiger partial charge in [0.15, 0.2) is 0 Å². The highest BCUT2D eigenvalue weighted by Crippen LogP contribution is 2.21. The number of hydrogen-bond acceptors (Lipinski definition) is 3. The summed E-state index contributed by atoms with van der Waals surface area (Å²) in [6, 6.07) is 8.32. The van der Waals surface area contributed by atoms with Crippen LogP contribution in [0.25, 0.3) is 11.3 Å². The van der Waals surface area contributed by atoms with Gasteiger partial charge >= 0.3 is 0 Å². The van der Waals surface area contributed by atoms with Gasteiger partial charge in [0.1, 0.15) is 0 Å². The van der Waals surface area contributed by atoms with E-state index in [1.165, 1.54) is 5.56 Å². The molecule has 0 atom stereocenters. The zero-order valence-electron chi connectivity index (χ0n) is 8.03. The van der Waals surface area contributed by atoms with Gasteiger partial charge in [-0.05, 0) is 19.1 Å². The third-order valence-corrected chi connectivity index (χ3v) is 2.56. The lowest BCUT2D eigenvalue weighted by Crippen LogP contribution is -1.95. The topological polar surface area (TPSA) is 24.9 Å². The van der Waals surface area contributed by atoms with E-state index in [-0.39, 0.29) is 1.43 Å². The first-order chi connectivity index (χ1) is 6.90. The molecule has 0 radical (unpaired) electrons. The van der Waals surface area contributed by atoms with Crippen molar-refractivity contribution in [1.29, 1.82) is 0 Å². The van der Waals surface area contributed by atoms with Crippen LogP contribution in [0.5, 0.6) is 0 Å². The summed E-state index contributed by atoms with van der Waals surface area (Å²) in [5.74, 6) is 0. The molecule has 0 bridgehead atoms. The lowest BCUT2D eigenvalue weighted by molar-refractivity contribution is 1.21. The second kappa shape index (κ2) is 4.24. The second-order valence-electron chi connectivity index (χ2n) is 2.98. The largest absolute Gasteiger partial charge is 0.385 e. The third kappa shape index (κ3) is 1.93. The molecule has 1 aromatic heterocycles. The molecule has 0 aliphatic heterocycles. The summed E-state index contributed by atoms with van der Waals surface area (Å²) < 4.78 is 0. The van der Waals surface area contributed by atoms with Gasteiger partial charge in [0.05, 0.1) is 11.2 Å². The second-order valence-corrected chi connectivity index (χ2v) is 3.70. The van der Waals surface area contributed by atoms with Crippen molar-refractivity contribution in [3.63, 3.8) is 0 Å². The highest BCUT2D eigenvalue weighted by atomic mass is 32.1. The standard InChI is InChI=1S/C11H12N2S.H2/c1-2-12-10-5-3-4-9(6-10)11-7-14-8-13-11;/h3-8,12H,2H2,1H3;1H. The summed E-state index contributed by atoms with van der Waals surface area (Å²) in [5.41, 5.74) is 5.23. The van der Waals surface area contributed by atoms with E-state index in [2.05, 4.69) is 40.8 Å². The van der Waals surface area contributed by atoms with Crippen molar-refractivity contribution in [2.45, 2.75) is 6.92 Å². The molecule has 2 aromatic rings. The molecule has 0 aliphatic rings. The van der Waals surface area contributed by atoms with Crippen LogP contribution in [-0.2, 0) is 0 Å². The summed E-state index contributed by atoms with van der Waals surface area (Å²) in [5, 5.41) is 5.35. The first-order valence-corrected chi connectivity index (χ1v) is 5.57. The summed E-state index contributed by atoms with van der Waals surface area (Å²) in [7, 11) is 0. The van der Waals surface area contributed by atoms with E-state index in [1.54, 1.807) is 11.3 Å². The molecule has 1 N–H and O–H groups in total. The predicted molar refractivity (Wildman–Crippen MR) is 63.8 cm³/mol. The van der Waals surface area contributed by atoms with Gasteiger partial charge < -0.3 is 5.32 Å². The number of anilines is 1. The Morgan fingerprint density at radius 1 is 1.50 bits per heavy atom. The number of nitrogens with zero attached hydrogens (tertiary/aromatic N) is 1. The van der Waals surface area contributed by atoms with Gasteiger partial charge in [0, 0.05) is 24.6 Å². The van der Waals surface area contributed by atoms with Crippen molar-refractivity contribution >= 4 is 17.0 Å². The highest BCUT2D eigenvalue weighted by Gasteiger charge is 1.99. The van der Waals surface area contributed by atoms with Gasteiger partial charge in [-0.15, -0.1) is 11.3 Å². The summed E-state index contributed by atoms with van der Waals surface area (Å²) in [4.78, 5) is 4.28. The highest BCUT2D eigenvalue weighted by molar-refractivity contribution is 7.07. The van der Waals surface area contributed by atoms with Gasteiger partial charge in [-0.25, -0.2) is 4.98 Å². The van der Waals surface area contributed by atoms with Crippen molar-refractivity contribution in [2.24, 2.45) is 0 Å². The van der Waals surface area contributed by atoms with Crippen molar-refractivity contribution < 1.29 is 1.43 Å². The number of hydrogen-bond donors (Lipinski definition) is 1. The van der Waals surface area contributed by atoms with Crippen LogP contribution in [0.2, 0.25) is 0 Å². The predicted octanol–water partition coefficient (Wildman–Crippen LogP) is 3.49. The minimum absolute atomic E-state index is 0. The Bertz CT molecular complexity index is 401. The Morgan fingerprint density at radius 2 is 2.43 bits per heavy atom. The number of rotatable bonds is 3. The van der Waals surface area contributed by atoms with E-state index in [4.69, 9.17) is 0 Å². The summed E-state index contributed by atoms with van der Waals surface area (Å²) in [6.07, 6.45) is 0. The molecule has 1 aromatic carbocycles. The number of benzene rings is 1. The van der Waals surface area contributed by atoms with Gasteiger partial charge in [0.2, 0.25) is 0 Å². The number of thiazole rings is 1. The molecule has 2 rings (SSSR count). The summed E-state index contributed by atoms with van der Waals surface area (Å²) >= 11 is 1.62. The van der Waals surface area contributed by atoms with Crippen LogP contribution in [0, 0.1) is 0 Å². The average molecular weight is 206 g/mol. The van der Waals surface area contributed by atoms with E-state index >= 15 is 0 Å². The summed E-state index contributed by atoms with van der Waals surface area (Å²) in [6.45, 7) is 3.04. The first kappa shape index (κ1) is 9.21. The minimum Gasteiger partial charge on any atom is -0.385 e. The Hall–Kier alpha value is -1.35. The maximum Gasteiger partial charge on any atom is 0.0811 e. The maximum atomic E-state index is 4.28. The van der Waals surface area contributed by atoms with Crippen molar-refractivity contribution in [3.05, 3.63) is 35.2 Å². The van der Waals surface area contributed by atoms with Crippen LogP contribution < -0.4 is 5.32 Å². The van der Waals surface area contributed by atoms with E-state index in [9.17, 15) is 0 Å². The van der Waals surface area contributed by atoms with Crippen molar-refractivity contribution in [3.8, 4) is 11.3 Å². The minimum atomic E-state index is 0. The molecule has 0 spiro atoms. The number of nitrogens with one attached hydrogen (secondary N) is 1. The van der Waals surface area contributed by atoms with Gasteiger partial charge in [-0.2, -0.15) is 0 Å². The van der Waals surface area contributed by atoms with Gasteiger partial charge in [0.25, 0.3) is 0 Å². The molecule has 0 saturated carbocycles. The Morgan fingerprint density at radius 3 is 3.14 bits per heavy atom. The smallest absolute Gasteiger partial charge is 0.0811 e. The molecule has 1 heterocycles. The normalized spacial score (nSPS) is 10.1. The van der Waals surface area contributed by atoms with E-state index < -0.39 is 0 Å². The van der Waals surface area contributed by atoms with Gasteiger partial charge in [-0.1, -0.05) is 12.1 Å². The molecule has 0 fully saturated rings. The quantitative estimate of drug-likeness (QED) is 0.831. The van der Waals surface area contributed by atoms with E-state index in [0.717, 1.165) is 17.9 Å². The SMILES string of the molecule is CCNc1cccc(-c2cscn2)c1.[HH]. The monoisotopic (exact) mass is 206 g/mol. The molecule has 0 saturated heterocycles. The third-order valence-electron chi connectivity index (χ3n) is 1.97. The maximum absolute atomic E-state index is 4.28. The first-order valence-electron chi connectivity index (χ1n) is 4.62. The van der Waals surface area contributed by atoms with Gasteiger partial charge in [-0.3, -0.25) is 0 Å². The Labute approximate surface area is 89.1 Å². The zero-order valence-corrected chi connectivity index (χ0v) is 8.84. The fourth-order valence-corrected chi connectivity index (χ4v) is 1.91. The molecule has 3 heteroatoms. The van der Waals surface area contributed by atoms with Crippen LogP contribution in [0.15, 0.2) is 35.2 Å². The fourth-order valence-electron chi connectivity index (χ4n) is 1.35. The molecule has 2 nitrogen and oxygen atoms in total. The van der Waals surface area contributed by atoms with Crippen molar-refractivity contribution in [2.75, 3.05) is 11.9 Å². The average Bonchev–Trinajstić information content (AvgIpc) is 2.71. The zero-order chi connectivity index (χ0) is 9.80. The van der Waals surface area contributed by atoms with Crippen LogP contribution >= 0.6 is 11.3 Å². The lowest BCUT2D eigenvalue weighted by Gasteiger charge is -2.04. The van der Waals surface area contributed by atoms with Crippen molar-refractivity contribution in [1.82, 2.24) is 4.98 Å². The molecule has 0 amide bonds. The Balaban J connectivity index is 0.00000112. The molecule has 14 heavy (non-hydrogen) atoms. The molecule has 0 aliphatic carbocycles. The molecular formula is C11H14N2S. The van der Waals surface area contributed by atoms with Crippen LogP contribution in [0.4, 0.5) is 5.69 Å². The fraction of sp³-hybridized carbons (Fsp3) is 0.182. The Kier molecular flexibility index (Phi) is 2.79. The molecular weight excluding hydrogens is 192 g/mol. The van der Waals surface area contributed by atoms with E-state index in [1.807, 2.05) is 11.6 Å². The molecule has 0 unspecified atom stereocenters. The lowest BCUT2D eigenvalue weighted by atomic mass is 10.1. The van der Waals surface area contributed by atoms with Crippen LogP contribution in [0.3, 0.4) is 0 Å². The van der Waals surface area contributed by atoms with Crippen LogP contribution in [-0.4, -0.2) is 11.5 Å².